The van der Waals surface area contributed by atoms with Gasteiger partial charge >= 0.3 is 0 Å². The molecule has 4 aromatic rings. The van der Waals surface area contributed by atoms with Crippen LogP contribution in [-0.2, 0) is 11.3 Å². The van der Waals surface area contributed by atoms with Crippen molar-refractivity contribution in [2.24, 2.45) is 5.92 Å². The first-order valence-corrected chi connectivity index (χ1v) is 11.7. The molecular weight excluding hydrogens is 428 g/mol. The van der Waals surface area contributed by atoms with Gasteiger partial charge in [0.1, 0.15) is 29.3 Å². The average Bonchev–Trinajstić information content (AvgIpc) is 3.49. The van der Waals surface area contributed by atoms with Gasteiger partial charge in [-0.1, -0.05) is 31.0 Å². The van der Waals surface area contributed by atoms with Crippen molar-refractivity contribution < 1.29 is 9.53 Å². The highest BCUT2D eigenvalue weighted by Crippen LogP contribution is 2.32. The molecule has 174 valence electrons. The van der Waals surface area contributed by atoms with E-state index in [1.54, 1.807) is 4.68 Å². The van der Waals surface area contributed by atoms with Crippen LogP contribution in [0.2, 0.25) is 0 Å². The lowest BCUT2D eigenvalue weighted by Crippen LogP contribution is -2.28. The van der Waals surface area contributed by atoms with Gasteiger partial charge in [-0.05, 0) is 55.2 Å². The molecular formula is C26H28N6O2. The molecule has 0 spiro atoms. The number of fused-ring (bicyclic) bond motifs is 1. The molecule has 2 aromatic heterocycles. The van der Waals surface area contributed by atoms with E-state index in [-0.39, 0.29) is 5.91 Å². The summed E-state index contributed by atoms with van der Waals surface area (Å²) in [6.45, 7) is 0.980. The predicted octanol–water partition coefficient (Wildman–Crippen LogP) is 4.56. The smallest absolute Gasteiger partial charge is 0.220 e. The fourth-order valence-electron chi connectivity index (χ4n) is 4.54. The Labute approximate surface area is 198 Å². The van der Waals surface area contributed by atoms with Crippen molar-refractivity contribution >= 4 is 22.8 Å². The average molecular weight is 457 g/mol. The Morgan fingerprint density at radius 3 is 2.53 bits per heavy atom. The molecule has 1 aliphatic rings. The van der Waals surface area contributed by atoms with E-state index in [1.807, 2.05) is 54.6 Å². The Balaban J connectivity index is 1.32. The molecule has 5 rings (SSSR count). The summed E-state index contributed by atoms with van der Waals surface area (Å²) in [5, 5.41) is 8.51. The first-order chi connectivity index (χ1) is 16.7. The third-order valence-electron chi connectivity index (χ3n) is 6.26. The Bertz CT molecular complexity index is 1260. The van der Waals surface area contributed by atoms with Gasteiger partial charge in [0.15, 0.2) is 5.65 Å². The molecule has 0 atom stereocenters. The lowest BCUT2D eigenvalue weighted by atomic mass is 10.0. The number of aromatic nitrogens is 4. The van der Waals surface area contributed by atoms with Crippen molar-refractivity contribution in [2.75, 3.05) is 12.3 Å². The minimum Gasteiger partial charge on any atom is -0.457 e. The summed E-state index contributed by atoms with van der Waals surface area (Å²) in [4.78, 5) is 20.9. The molecule has 0 radical (unpaired) electrons. The van der Waals surface area contributed by atoms with Crippen LogP contribution in [0.5, 0.6) is 11.5 Å². The number of amides is 1. The standard InChI is InChI=1S/C26H28N6O2/c27-25-23-24(19-10-12-21(13-11-19)34-20-8-2-1-3-9-20)31-32(26(23)30-17-29-25)15-14-28-22(33)16-18-6-4-5-7-18/h1-3,8-13,17-18H,4-7,14-16H2,(H,28,33)(H2,27,29,30). The highest BCUT2D eigenvalue weighted by molar-refractivity contribution is 5.98. The van der Waals surface area contributed by atoms with Crippen molar-refractivity contribution in [3.63, 3.8) is 0 Å². The van der Waals surface area contributed by atoms with Gasteiger partial charge in [0.2, 0.25) is 5.91 Å². The molecule has 8 nitrogen and oxygen atoms in total. The van der Waals surface area contributed by atoms with E-state index < -0.39 is 0 Å². The minimum absolute atomic E-state index is 0.103. The Hall–Kier alpha value is -3.94. The van der Waals surface area contributed by atoms with Gasteiger partial charge in [-0.2, -0.15) is 5.10 Å². The topological polar surface area (TPSA) is 108 Å². The number of carbonyl (C=O) groups is 1. The monoisotopic (exact) mass is 456 g/mol. The molecule has 8 heteroatoms. The molecule has 0 unspecified atom stereocenters. The molecule has 2 aromatic carbocycles. The second-order valence-corrected chi connectivity index (χ2v) is 8.67. The largest absolute Gasteiger partial charge is 0.457 e. The van der Waals surface area contributed by atoms with Crippen LogP contribution in [0.3, 0.4) is 0 Å². The number of anilines is 1. The molecule has 0 aliphatic heterocycles. The van der Waals surface area contributed by atoms with Crippen LogP contribution in [0, 0.1) is 5.92 Å². The van der Waals surface area contributed by atoms with Gasteiger partial charge < -0.3 is 15.8 Å². The normalized spacial score (nSPS) is 13.9. The van der Waals surface area contributed by atoms with Gasteiger partial charge in [0, 0.05) is 18.5 Å². The van der Waals surface area contributed by atoms with Crippen LogP contribution in [0.15, 0.2) is 60.9 Å². The van der Waals surface area contributed by atoms with Crippen LogP contribution in [0.25, 0.3) is 22.3 Å². The number of hydrogen-bond donors (Lipinski definition) is 2. The first kappa shape index (κ1) is 21.9. The Kier molecular flexibility index (Phi) is 6.38. The molecule has 2 heterocycles. The van der Waals surface area contributed by atoms with Crippen molar-refractivity contribution in [3.05, 3.63) is 60.9 Å². The number of ether oxygens (including phenoxy) is 1. The number of nitrogen functional groups attached to an aromatic ring is 1. The number of carbonyl (C=O) groups excluding carboxylic acids is 1. The predicted molar refractivity (Wildman–Crippen MR) is 131 cm³/mol. The molecule has 1 fully saturated rings. The van der Waals surface area contributed by atoms with E-state index in [0.29, 0.717) is 48.0 Å². The number of hydrogen-bond acceptors (Lipinski definition) is 6. The summed E-state index contributed by atoms with van der Waals surface area (Å²) in [6, 6.07) is 17.3. The van der Waals surface area contributed by atoms with Crippen molar-refractivity contribution in [1.82, 2.24) is 25.1 Å². The van der Waals surface area contributed by atoms with Crippen molar-refractivity contribution in [2.45, 2.75) is 38.6 Å². The second kappa shape index (κ2) is 9.91. The van der Waals surface area contributed by atoms with E-state index in [1.165, 1.54) is 19.2 Å². The number of rotatable bonds is 8. The zero-order chi connectivity index (χ0) is 23.3. The summed E-state index contributed by atoms with van der Waals surface area (Å²) in [5.74, 6) is 2.51. The molecule has 1 saturated carbocycles. The van der Waals surface area contributed by atoms with Crippen LogP contribution in [-0.4, -0.2) is 32.2 Å². The lowest BCUT2D eigenvalue weighted by Gasteiger charge is -2.09. The molecule has 3 N–H and O–H groups in total. The summed E-state index contributed by atoms with van der Waals surface area (Å²) in [6.07, 6.45) is 6.84. The molecule has 0 bridgehead atoms. The third kappa shape index (κ3) is 4.85. The summed E-state index contributed by atoms with van der Waals surface area (Å²) >= 11 is 0. The van der Waals surface area contributed by atoms with Crippen LogP contribution >= 0.6 is 0 Å². The number of nitrogens with zero attached hydrogens (tertiary/aromatic N) is 4. The van der Waals surface area contributed by atoms with Gasteiger partial charge in [0.05, 0.1) is 11.9 Å². The highest BCUT2D eigenvalue weighted by Gasteiger charge is 2.19. The van der Waals surface area contributed by atoms with E-state index in [9.17, 15) is 4.79 Å². The minimum atomic E-state index is 0.103. The number of benzene rings is 2. The van der Waals surface area contributed by atoms with Crippen LogP contribution in [0.4, 0.5) is 5.82 Å². The summed E-state index contributed by atoms with van der Waals surface area (Å²) < 4.78 is 7.68. The lowest BCUT2D eigenvalue weighted by molar-refractivity contribution is -0.122. The van der Waals surface area contributed by atoms with E-state index >= 15 is 0 Å². The highest BCUT2D eigenvalue weighted by atomic mass is 16.5. The van der Waals surface area contributed by atoms with Crippen LogP contribution < -0.4 is 15.8 Å². The molecule has 1 amide bonds. The fourth-order valence-corrected chi connectivity index (χ4v) is 4.54. The summed E-state index contributed by atoms with van der Waals surface area (Å²) in [5.41, 5.74) is 8.45. The number of para-hydroxylation sites is 1. The Morgan fingerprint density at radius 1 is 1.03 bits per heavy atom. The van der Waals surface area contributed by atoms with Crippen molar-refractivity contribution in [1.29, 1.82) is 0 Å². The maximum atomic E-state index is 12.3. The SMILES string of the molecule is Nc1ncnc2c1c(-c1ccc(Oc3ccccc3)cc1)nn2CCNC(=O)CC1CCCC1. The van der Waals surface area contributed by atoms with E-state index in [2.05, 4.69) is 15.3 Å². The van der Waals surface area contributed by atoms with Crippen LogP contribution in [0.1, 0.15) is 32.1 Å². The maximum Gasteiger partial charge on any atom is 0.220 e. The third-order valence-corrected chi connectivity index (χ3v) is 6.26. The van der Waals surface area contributed by atoms with Gasteiger partial charge in [-0.15, -0.1) is 0 Å². The molecule has 1 aliphatic carbocycles. The maximum absolute atomic E-state index is 12.3. The fraction of sp³-hybridized carbons (Fsp3) is 0.308. The first-order valence-electron chi connectivity index (χ1n) is 11.7. The van der Waals surface area contributed by atoms with E-state index in [4.69, 9.17) is 15.6 Å². The second-order valence-electron chi connectivity index (χ2n) is 8.67. The number of nitrogens with one attached hydrogen (secondary N) is 1. The van der Waals surface area contributed by atoms with Gasteiger partial charge in [-0.25, -0.2) is 14.6 Å². The van der Waals surface area contributed by atoms with Gasteiger partial charge in [0.25, 0.3) is 0 Å². The van der Waals surface area contributed by atoms with E-state index in [0.717, 1.165) is 29.9 Å². The molecule has 34 heavy (non-hydrogen) atoms. The zero-order valence-electron chi connectivity index (χ0n) is 19.0. The Morgan fingerprint density at radius 2 is 1.76 bits per heavy atom. The quantitative estimate of drug-likeness (QED) is 0.402. The molecule has 0 saturated heterocycles. The summed E-state index contributed by atoms with van der Waals surface area (Å²) in [7, 11) is 0. The van der Waals surface area contributed by atoms with Gasteiger partial charge in [-0.3, -0.25) is 4.79 Å². The van der Waals surface area contributed by atoms with Crippen molar-refractivity contribution in [3.8, 4) is 22.8 Å². The number of nitrogens with two attached hydrogens (primary N) is 1. The zero-order valence-corrected chi connectivity index (χ0v) is 19.0.